The molecule has 0 aliphatic carbocycles. The van der Waals surface area contributed by atoms with E-state index in [1.807, 2.05) is 154 Å². The number of carbonyl (C=O) groups excluding carboxylic acids is 2. The lowest BCUT2D eigenvalue weighted by molar-refractivity contribution is -0.119. The molecule has 2 aliphatic rings. The minimum atomic E-state index is -0.335. The van der Waals surface area contributed by atoms with E-state index in [1.165, 1.54) is 0 Å². The van der Waals surface area contributed by atoms with Crippen molar-refractivity contribution < 1.29 is 33.0 Å². The van der Waals surface area contributed by atoms with Gasteiger partial charge in [-0.1, -0.05) is 47.5 Å². The molecule has 10 nitrogen and oxygen atoms in total. The minimum Gasteiger partial charge on any atom is -0.490 e. The van der Waals surface area contributed by atoms with Crippen LogP contribution in [0.1, 0.15) is 78.9 Å². The van der Waals surface area contributed by atoms with E-state index >= 15 is 0 Å². The minimum absolute atomic E-state index is 0.00436. The second-order valence-corrected chi connectivity index (χ2v) is 16.2. The molecule has 2 unspecified atom stereocenters. The number of anilines is 2. The molecule has 0 N–H and O–H groups in total. The first kappa shape index (κ1) is 44.1. The van der Waals surface area contributed by atoms with Crippen LogP contribution in [0.25, 0.3) is 11.0 Å². The fourth-order valence-corrected chi connectivity index (χ4v) is 8.68. The number of nitrogens with zero attached hydrogens (tertiary/aromatic N) is 3. The SMILES string of the molecule is CCOc1cc2c(cc1OCC)C(c1ccc(Cl)cc1)N(c1ccc(C)nc1)C(=O)C2.CCOc1cc2c(cc1OCC)C(c1ccc(Cl)cc1)N(c1ccc3occc3c1)C(=O)C2. The summed E-state index contributed by atoms with van der Waals surface area (Å²) in [5.41, 5.74) is 9.08. The lowest BCUT2D eigenvalue weighted by atomic mass is 9.86. The van der Waals surface area contributed by atoms with Gasteiger partial charge in [0.1, 0.15) is 5.58 Å². The van der Waals surface area contributed by atoms with Crippen molar-refractivity contribution in [2.24, 2.45) is 0 Å². The second-order valence-electron chi connectivity index (χ2n) is 15.3. The Bertz CT molecular complexity index is 2770. The summed E-state index contributed by atoms with van der Waals surface area (Å²) in [5.74, 6) is 2.70. The van der Waals surface area contributed by atoms with Crippen molar-refractivity contribution in [3.05, 3.63) is 171 Å². The normalized spacial score (nSPS) is 15.5. The first-order valence-corrected chi connectivity index (χ1v) is 22.3. The number of pyridine rings is 1. The van der Waals surface area contributed by atoms with Crippen LogP contribution in [-0.2, 0) is 22.4 Å². The summed E-state index contributed by atoms with van der Waals surface area (Å²) in [4.78, 5) is 35.0. The Morgan fingerprint density at radius 3 is 1.48 bits per heavy atom. The number of amides is 2. The summed E-state index contributed by atoms with van der Waals surface area (Å²) in [6.07, 6.45) is 3.95. The second kappa shape index (κ2) is 19.5. The zero-order chi connectivity index (χ0) is 44.9. The van der Waals surface area contributed by atoms with Gasteiger partial charge in [-0.15, -0.1) is 0 Å². The summed E-state index contributed by atoms with van der Waals surface area (Å²) in [7, 11) is 0. The average molecular weight is 899 g/mol. The Balaban J connectivity index is 0.000000175. The van der Waals surface area contributed by atoms with Crippen LogP contribution in [0, 0.1) is 6.92 Å². The van der Waals surface area contributed by atoms with Crippen molar-refractivity contribution in [2.75, 3.05) is 36.2 Å². The fourth-order valence-electron chi connectivity index (χ4n) is 8.43. The molecule has 2 amide bonds. The molecular weight excluding hydrogens is 849 g/mol. The lowest BCUT2D eigenvalue weighted by Crippen LogP contribution is -2.41. The molecule has 0 fully saturated rings. The zero-order valence-electron chi connectivity index (χ0n) is 36.4. The van der Waals surface area contributed by atoms with Gasteiger partial charge in [-0.2, -0.15) is 0 Å². The molecule has 0 spiro atoms. The molecule has 9 rings (SSSR count). The van der Waals surface area contributed by atoms with Gasteiger partial charge in [0.05, 0.1) is 69.5 Å². The van der Waals surface area contributed by atoms with Crippen molar-refractivity contribution >= 4 is 57.4 Å². The van der Waals surface area contributed by atoms with Gasteiger partial charge in [0.2, 0.25) is 11.8 Å². The third-order valence-corrected chi connectivity index (χ3v) is 11.7. The zero-order valence-corrected chi connectivity index (χ0v) is 37.9. The van der Waals surface area contributed by atoms with Gasteiger partial charge in [-0.25, -0.2) is 0 Å². The quantitative estimate of drug-likeness (QED) is 0.119. The molecule has 328 valence electrons. The van der Waals surface area contributed by atoms with Gasteiger partial charge in [0, 0.05) is 26.8 Å². The summed E-state index contributed by atoms with van der Waals surface area (Å²) in [6, 6.07) is 34.1. The van der Waals surface area contributed by atoms with E-state index in [-0.39, 0.29) is 36.7 Å². The van der Waals surface area contributed by atoms with Crippen LogP contribution >= 0.6 is 23.2 Å². The topological polar surface area (TPSA) is 104 Å². The fraction of sp³-hybridized carbons (Fsp3) is 0.250. The molecule has 7 aromatic rings. The number of halogens is 2. The van der Waals surface area contributed by atoms with E-state index in [1.54, 1.807) is 12.5 Å². The predicted molar refractivity (Wildman–Crippen MR) is 252 cm³/mol. The Hall–Kier alpha value is -6.49. The van der Waals surface area contributed by atoms with Crippen molar-refractivity contribution in [3.8, 4) is 23.0 Å². The molecule has 0 saturated heterocycles. The van der Waals surface area contributed by atoms with Gasteiger partial charge >= 0.3 is 0 Å². The van der Waals surface area contributed by atoms with E-state index in [4.69, 9.17) is 46.6 Å². The van der Waals surface area contributed by atoms with Crippen LogP contribution < -0.4 is 28.7 Å². The molecule has 0 radical (unpaired) electrons. The smallest absolute Gasteiger partial charge is 0.232 e. The molecule has 2 aliphatic heterocycles. The number of furan rings is 1. The van der Waals surface area contributed by atoms with Crippen molar-refractivity contribution in [2.45, 2.75) is 59.5 Å². The molecule has 5 aromatic carbocycles. The van der Waals surface area contributed by atoms with Gasteiger partial charge in [-0.3, -0.25) is 19.5 Å². The molecule has 0 bridgehead atoms. The molecule has 2 aromatic heterocycles. The molecule has 2 atom stereocenters. The number of hydrogen-bond donors (Lipinski definition) is 0. The third-order valence-electron chi connectivity index (χ3n) is 11.2. The first-order valence-electron chi connectivity index (χ1n) is 21.5. The number of ether oxygens (including phenoxy) is 4. The molecule has 0 saturated carbocycles. The number of aromatic nitrogens is 1. The van der Waals surface area contributed by atoms with E-state index in [2.05, 4.69) is 4.98 Å². The number of carbonyl (C=O) groups is 2. The highest BCUT2D eigenvalue weighted by Gasteiger charge is 2.38. The van der Waals surface area contributed by atoms with Crippen LogP contribution in [-0.4, -0.2) is 43.2 Å². The third kappa shape index (κ3) is 9.12. The molecule has 4 heterocycles. The van der Waals surface area contributed by atoms with E-state index in [9.17, 15) is 9.59 Å². The molecular formula is C52H49Cl2N3O7. The Labute approximate surface area is 383 Å². The number of aryl methyl sites for hydroxylation is 1. The van der Waals surface area contributed by atoms with Crippen LogP contribution in [0.15, 0.2) is 126 Å². The van der Waals surface area contributed by atoms with Crippen LogP contribution in [0.4, 0.5) is 11.4 Å². The maximum atomic E-state index is 13.6. The van der Waals surface area contributed by atoms with Crippen molar-refractivity contribution in [3.63, 3.8) is 0 Å². The van der Waals surface area contributed by atoms with Crippen molar-refractivity contribution in [1.82, 2.24) is 4.98 Å². The average Bonchev–Trinajstić information content (AvgIpc) is 3.76. The van der Waals surface area contributed by atoms with Crippen molar-refractivity contribution in [1.29, 1.82) is 0 Å². The Morgan fingerprint density at radius 2 is 1.03 bits per heavy atom. The van der Waals surface area contributed by atoms with E-state index in [0.29, 0.717) is 59.5 Å². The highest BCUT2D eigenvalue weighted by molar-refractivity contribution is 6.30. The van der Waals surface area contributed by atoms with Gasteiger partial charge < -0.3 is 28.3 Å². The van der Waals surface area contributed by atoms with E-state index < -0.39 is 0 Å². The van der Waals surface area contributed by atoms with E-state index in [0.717, 1.165) is 61.4 Å². The summed E-state index contributed by atoms with van der Waals surface area (Å²) in [6.45, 7) is 11.8. The van der Waals surface area contributed by atoms with Gasteiger partial charge in [0.25, 0.3) is 0 Å². The maximum absolute atomic E-state index is 13.6. The Morgan fingerprint density at radius 1 is 0.578 bits per heavy atom. The molecule has 64 heavy (non-hydrogen) atoms. The maximum Gasteiger partial charge on any atom is 0.232 e. The summed E-state index contributed by atoms with van der Waals surface area (Å²) < 4.78 is 28.9. The van der Waals surface area contributed by atoms with Gasteiger partial charge in [0.15, 0.2) is 23.0 Å². The van der Waals surface area contributed by atoms with Gasteiger partial charge in [-0.05, 0) is 153 Å². The monoisotopic (exact) mass is 897 g/mol. The largest absolute Gasteiger partial charge is 0.490 e. The summed E-state index contributed by atoms with van der Waals surface area (Å²) in [5, 5.41) is 2.24. The summed E-state index contributed by atoms with van der Waals surface area (Å²) >= 11 is 12.3. The molecule has 12 heteroatoms. The lowest BCUT2D eigenvalue weighted by Gasteiger charge is -2.38. The highest BCUT2D eigenvalue weighted by Crippen LogP contribution is 2.46. The highest BCUT2D eigenvalue weighted by atomic mass is 35.5. The number of rotatable bonds is 12. The van der Waals surface area contributed by atoms with Crippen LogP contribution in [0.5, 0.6) is 23.0 Å². The number of benzene rings is 5. The predicted octanol–water partition coefficient (Wildman–Crippen LogP) is 12.1. The Kier molecular flexibility index (Phi) is 13.4. The number of hydrogen-bond acceptors (Lipinski definition) is 8. The van der Waals surface area contributed by atoms with Crippen LogP contribution in [0.3, 0.4) is 0 Å². The number of fused-ring (bicyclic) bond motifs is 3. The standard InChI is InChI=1S/C27H24ClNO4.C25H25ClN2O3/c1-3-31-24-14-19-15-26(30)29(21-9-10-23-18(13-21)11-12-33-23)27(17-5-7-20(28)8-6-17)22(19)16-25(24)32-4-2;1-4-30-22-12-18-13-24(29)28(20-11-6-16(3)27-15-20)25(17-7-9-19(26)10-8-17)21(18)14-23(22)31-5-2/h5-14,16,27H,3-4,15H2,1-2H3;6-12,14-15,25H,4-5,13H2,1-3H3. The van der Waals surface area contributed by atoms with Crippen LogP contribution in [0.2, 0.25) is 10.0 Å². The first-order chi connectivity index (χ1) is 31.1.